The first-order chi connectivity index (χ1) is 9.61. The number of hydrogen-bond acceptors (Lipinski definition) is 2. The van der Waals surface area contributed by atoms with Gasteiger partial charge < -0.3 is 9.84 Å². The summed E-state index contributed by atoms with van der Waals surface area (Å²) in [6.07, 6.45) is 7.61. The standard InChI is InChI=1S/C16H22BrFO2/c1-20-16-10-14(18)13(17)9-12(16)15(19)8-11-6-4-2-3-5-7-11/h9-11,15,19H,2-8H2,1H3. The Kier molecular flexibility index (Phi) is 5.85. The summed E-state index contributed by atoms with van der Waals surface area (Å²) in [6.45, 7) is 0. The summed E-state index contributed by atoms with van der Waals surface area (Å²) in [5, 5.41) is 10.5. The topological polar surface area (TPSA) is 29.5 Å². The minimum absolute atomic E-state index is 0.368. The van der Waals surface area contributed by atoms with Crippen molar-refractivity contribution in [2.75, 3.05) is 7.11 Å². The Labute approximate surface area is 128 Å². The Balaban J connectivity index is 2.11. The number of aliphatic hydroxyl groups excluding tert-OH is 1. The molecule has 112 valence electrons. The van der Waals surface area contributed by atoms with Crippen molar-refractivity contribution in [1.29, 1.82) is 0 Å². The highest BCUT2D eigenvalue weighted by Gasteiger charge is 2.21. The molecule has 1 aliphatic rings. The molecule has 1 N–H and O–H groups in total. The monoisotopic (exact) mass is 344 g/mol. The molecule has 1 unspecified atom stereocenters. The Bertz CT molecular complexity index is 442. The predicted molar refractivity (Wildman–Crippen MR) is 81.4 cm³/mol. The van der Waals surface area contributed by atoms with Crippen molar-refractivity contribution in [2.45, 2.75) is 51.0 Å². The van der Waals surface area contributed by atoms with Gasteiger partial charge in [0.05, 0.1) is 17.7 Å². The summed E-state index contributed by atoms with van der Waals surface area (Å²) in [6, 6.07) is 2.96. The Morgan fingerprint density at radius 1 is 1.30 bits per heavy atom. The number of methoxy groups -OCH3 is 1. The van der Waals surface area contributed by atoms with Gasteiger partial charge in [-0.15, -0.1) is 0 Å². The molecule has 1 aliphatic carbocycles. The van der Waals surface area contributed by atoms with Gasteiger partial charge in [-0.1, -0.05) is 38.5 Å². The highest BCUT2D eigenvalue weighted by molar-refractivity contribution is 9.10. The molecule has 1 aromatic rings. The molecule has 2 rings (SSSR count). The third-order valence-electron chi connectivity index (χ3n) is 4.16. The van der Waals surface area contributed by atoms with Crippen LogP contribution in [-0.4, -0.2) is 12.2 Å². The number of ether oxygens (including phenoxy) is 1. The molecule has 0 radical (unpaired) electrons. The lowest BCUT2D eigenvalue weighted by Crippen LogP contribution is -2.08. The number of benzene rings is 1. The number of aliphatic hydroxyl groups is 1. The van der Waals surface area contributed by atoms with Gasteiger partial charge in [-0.05, 0) is 34.3 Å². The van der Waals surface area contributed by atoms with Gasteiger partial charge in [0, 0.05) is 11.6 Å². The van der Waals surface area contributed by atoms with Crippen LogP contribution in [0.5, 0.6) is 5.75 Å². The minimum atomic E-state index is -0.593. The van der Waals surface area contributed by atoms with Crippen LogP contribution in [0.15, 0.2) is 16.6 Å². The largest absolute Gasteiger partial charge is 0.496 e. The van der Waals surface area contributed by atoms with E-state index in [2.05, 4.69) is 15.9 Å². The van der Waals surface area contributed by atoms with Crippen LogP contribution in [0, 0.1) is 11.7 Å². The minimum Gasteiger partial charge on any atom is -0.496 e. The quantitative estimate of drug-likeness (QED) is 0.779. The van der Waals surface area contributed by atoms with Crippen molar-refractivity contribution in [1.82, 2.24) is 0 Å². The fraction of sp³-hybridized carbons (Fsp3) is 0.625. The first kappa shape index (κ1) is 15.8. The van der Waals surface area contributed by atoms with Gasteiger partial charge in [0.15, 0.2) is 0 Å². The molecule has 4 heteroatoms. The third-order valence-corrected chi connectivity index (χ3v) is 4.77. The van der Waals surface area contributed by atoms with E-state index in [-0.39, 0.29) is 5.82 Å². The molecule has 0 heterocycles. The van der Waals surface area contributed by atoms with Crippen molar-refractivity contribution >= 4 is 15.9 Å². The van der Waals surface area contributed by atoms with Crippen LogP contribution >= 0.6 is 15.9 Å². The molecule has 0 aliphatic heterocycles. The van der Waals surface area contributed by atoms with E-state index in [1.165, 1.54) is 51.7 Å². The lowest BCUT2D eigenvalue weighted by molar-refractivity contribution is 0.135. The van der Waals surface area contributed by atoms with Crippen LogP contribution in [0.1, 0.15) is 56.6 Å². The van der Waals surface area contributed by atoms with Crippen LogP contribution in [0.3, 0.4) is 0 Å². The summed E-state index contributed by atoms with van der Waals surface area (Å²) in [7, 11) is 1.50. The van der Waals surface area contributed by atoms with Gasteiger partial charge in [-0.2, -0.15) is 0 Å². The van der Waals surface area contributed by atoms with Crippen LogP contribution in [-0.2, 0) is 0 Å². The van der Waals surface area contributed by atoms with Crippen LogP contribution < -0.4 is 4.74 Å². The zero-order chi connectivity index (χ0) is 14.5. The third kappa shape index (κ3) is 3.95. The Morgan fingerprint density at radius 2 is 1.95 bits per heavy atom. The molecular weight excluding hydrogens is 323 g/mol. The highest BCUT2D eigenvalue weighted by atomic mass is 79.9. The maximum atomic E-state index is 13.5. The zero-order valence-corrected chi connectivity index (χ0v) is 13.5. The van der Waals surface area contributed by atoms with E-state index >= 15 is 0 Å². The van der Waals surface area contributed by atoms with Gasteiger partial charge in [-0.3, -0.25) is 0 Å². The number of halogens is 2. The maximum absolute atomic E-state index is 13.5. The number of hydrogen-bond donors (Lipinski definition) is 1. The molecule has 0 amide bonds. The fourth-order valence-corrected chi connectivity index (χ4v) is 3.38. The second-order valence-electron chi connectivity index (χ2n) is 5.62. The van der Waals surface area contributed by atoms with Crippen LogP contribution in [0.25, 0.3) is 0 Å². The zero-order valence-electron chi connectivity index (χ0n) is 11.9. The summed E-state index contributed by atoms with van der Waals surface area (Å²) >= 11 is 3.17. The van der Waals surface area contributed by atoms with Crippen LogP contribution in [0.2, 0.25) is 0 Å². The van der Waals surface area contributed by atoms with E-state index in [4.69, 9.17) is 4.74 Å². The van der Waals surface area contributed by atoms with Gasteiger partial charge in [0.25, 0.3) is 0 Å². The lowest BCUT2D eigenvalue weighted by Gasteiger charge is -2.20. The summed E-state index contributed by atoms with van der Waals surface area (Å²) in [4.78, 5) is 0. The molecule has 20 heavy (non-hydrogen) atoms. The molecule has 2 nitrogen and oxygen atoms in total. The first-order valence-electron chi connectivity index (χ1n) is 7.32. The molecule has 1 saturated carbocycles. The lowest BCUT2D eigenvalue weighted by atomic mass is 9.91. The molecular formula is C16H22BrFO2. The average Bonchev–Trinajstić information content (AvgIpc) is 2.69. The van der Waals surface area contributed by atoms with E-state index in [9.17, 15) is 9.50 Å². The van der Waals surface area contributed by atoms with Gasteiger partial charge in [-0.25, -0.2) is 4.39 Å². The molecule has 1 atom stereocenters. The van der Waals surface area contributed by atoms with Gasteiger partial charge in [0.1, 0.15) is 11.6 Å². The van der Waals surface area contributed by atoms with Crippen molar-refractivity contribution in [2.24, 2.45) is 5.92 Å². The molecule has 0 aromatic heterocycles. The number of rotatable bonds is 4. The van der Waals surface area contributed by atoms with Crippen molar-refractivity contribution < 1.29 is 14.2 Å². The van der Waals surface area contributed by atoms with E-state index in [0.29, 0.717) is 21.7 Å². The first-order valence-corrected chi connectivity index (χ1v) is 8.12. The smallest absolute Gasteiger partial charge is 0.141 e. The summed E-state index contributed by atoms with van der Waals surface area (Å²) in [5.41, 5.74) is 0.671. The van der Waals surface area contributed by atoms with E-state index in [0.717, 1.165) is 6.42 Å². The average molecular weight is 345 g/mol. The van der Waals surface area contributed by atoms with E-state index < -0.39 is 6.10 Å². The molecule has 0 spiro atoms. The second-order valence-corrected chi connectivity index (χ2v) is 6.47. The molecule has 1 aromatic carbocycles. The maximum Gasteiger partial charge on any atom is 0.141 e. The van der Waals surface area contributed by atoms with Crippen LogP contribution in [0.4, 0.5) is 4.39 Å². The summed E-state index contributed by atoms with van der Waals surface area (Å²) in [5.74, 6) is 0.611. The van der Waals surface area contributed by atoms with E-state index in [1.807, 2.05) is 0 Å². The molecule has 1 fully saturated rings. The highest BCUT2D eigenvalue weighted by Crippen LogP contribution is 2.36. The summed E-state index contributed by atoms with van der Waals surface area (Å²) < 4.78 is 19.1. The van der Waals surface area contributed by atoms with Crippen molar-refractivity contribution in [3.63, 3.8) is 0 Å². The molecule has 0 saturated heterocycles. The fourth-order valence-electron chi connectivity index (χ4n) is 3.02. The van der Waals surface area contributed by atoms with Crippen molar-refractivity contribution in [3.05, 3.63) is 28.0 Å². The van der Waals surface area contributed by atoms with E-state index in [1.54, 1.807) is 6.07 Å². The Hall–Kier alpha value is -0.610. The second kappa shape index (κ2) is 7.41. The van der Waals surface area contributed by atoms with Crippen molar-refractivity contribution in [3.8, 4) is 5.75 Å². The normalized spacial score (nSPS) is 18.6. The van der Waals surface area contributed by atoms with Gasteiger partial charge in [0.2, 0.25) is 0 Å². The molecule has 0 bridgehead atoms. The predicted octanol–water partition coefficient (Wildman–Crippen LogP) is 4.99. The Morgan fingerprint density at radius 3 is 2.55 bits per heavy atom. The SMILES string of the molecule is COc1cc(F)c(Br)cc1C(O)CC1CCCCCC1. The van der Waals surface area contributed by atoms with Gasteiger partial charge >= 0.3 is 0 Å².